The lowest BCUT2D eigenvalue weighted by Crippen LogP contribution is -2.48. The van der Waals surface area contributed by atoms with Crippen molar-refractivity contribution in [3.05, 3.63) is 71.8 Å². The van der Waals surface area contributed by atoms with Crippen molar-refractivity contribution in [2.75, 3.05) is 26.2 Å². The molecule has 0 spiro atoms. The molecule has 0 radical (unpaired) electrons. The van der Waals surface area contributed by atoms with Gasteiger partial charge in [0.15, 0.2) is 5.82 Å². The molecule has 1 aliphatic heterocycles. The summed E-state index contributed by atoms with van der Waals surface area (Å²) >= 11 is 0. The summed E-state index contributed by atoms with van der Waals surface area (Å²) in [5, 5.41) is 12.8. The fourth-order valence-corrected chi connectivity index (χ4v) is 4.29. The number of nitrogens with zero attached hydrogens (tertiary/aromatic N) is 7. The van der Waals surface area contributed by atoms with Crippen LogP contribution < -0.4 is 0 Å². The summed E-state index contributed by atoms with van der Waals surface area (Å²) in [5.74, 6) is 1.43. The second kappa shape index (κ2) is 9.91. The van der Waals surface area contributed by atoms with E-state index in [1.807, 2.05) is 23.1 Å². The molecule has 7 heteroatoms. The van der Waals surface area contributed by atoms with Crippen molar-refractivity contribution >= 4 is 0 Å². The molecule has 3 heterocycles. The molecule has 1 fully saturated rings. The van der Waals surface area contributed by atoms with Gasteiger partial charge in [-0.25, -0.2) is 4.68 Å². The summed E-state index contributed by atoms with van der Waals surface area (Å²) < 4.78 is 2.00. The average Bonchev–Trinajstić information content (AvgIpc) is 3.23. The molecule has 1 saturated heterocycles. The first-order chi connectivity index (χ1) is 14.7. The Bertz CT molecular complexity index is 886. The zero-order valence-electron chi connectivity index (χ0n) is 17.9. The van der Waals surface area contributed by atoms with Gasteiger partial charge in [0.05, 0.1) is 6.04 Å². The first-order valence-electron chi connectivity index (χ1n) is 10.9. The lowest BCUT2D eigenvalue weighted by Gasteiger charge is -2.40. The van der Waals surface area contributed by atoms with Gasteiger partial charge < -0.3 is 0 Å². The minimum Gasteiger partial charge on any atom is -0.296 e. The normalized spacial score (nSPS) is 16.8. The molecule has 30 heavy (non-hydrogen) atoms. The van der Waals surface area contributed by atoms with Gasteiger partial charge >= 0.3 is 0 Å². The predicted octanol–water partition coefficient (Wildman–Crippen LogP) is 2.83. The number of aryl methyl sites for hydroxylation is 2. The Morgan fingerprint density at radius 1 is 0.933 bits per heavy atom. The molecule has 0 bridgehead atoms. The maximum atomic E-state index is 4.45. The highest BCUT2D eigenvalue weighted by Gasteiger charge is 2.31. The molecule has 0 aliphatic carbocycles. The van der Waals surface area contributed by atoms with E-state index >= 15 is 0 Å². The summed E-state index contributed by atoms with van der Waals surface area (Å²) in [5.41, 5.74) is 2.58. The highest BCUT2D eigenvalue weighted by molar-refractivity contribution is 5.14. The molecule has 1 atom stereocenters. The van der Waals surface area contributed by atoms with Crippen LogP contribution in [-0.4, -0.2) is 61.2 Å². The Labute approximate surface area is 178 Å². The average molecular weight is 406 g/mol. The maximum Gasteiger partial charge on any atom is 0.168 e. The number of tetrazole rings is 1. The Morgan fingerprint density at radius 2 is 1.70 bits per heavy atom. The number of hydrogen-bond donors (Lipinski definition) is 0. The van der Waals surface area contributed by atoms with E-state index in [0.717, 1.165) is 51.5 Å². The minimum atomic E-state index is 0.233. The van der Waals surface area contributed by atoms with Crippen LogP contribution in [0, 0.1) is 5.92 Å². The van der Waals surface area contributed by atoms with Crippen molar-refractivity contribution in [1.82, 2.24) is 35.0 Å². The van der Waals surface area contributed by atoms with E-state index in [2.05, 4.69) is 80.6 Å². The van der Waals surface area contributed by atoms with E-state index in [0.29, 0.717) is 5.92 Å². The molecule has 0 N–H and O–H groups in total. The Hall–Kier alpha value is -2.64. The van der Waals surface area contributed by atoms with Crippen LogP contribution in [0.25, 0.3) is 0 Å². The second-order valence-corrected chi connectivity index (χ2v) is 8.36. The number of aromatic nitrogens is 5. The molecule has 0 unspecified atom stereocenters. The van der Waals surface area contributed by atoms with Crippen molar-refractivity contribution < 1.29 is 0 Å². The van der Waals surface area contributed by atoms with Gasteiger partial charge in [-0.3, -0.25) is 14.8 Å². The van der Waals surface area contributed by atoms with Crippen LogP contribution in [0.1, 0.15) is 36.8 Å². The SMILES string of the molecule is CC(C)[C@@H](c1nnnn1CCc1ccccc1)N1CCN(Cc2cccnc2)CC1. The number of rotatable bonds is 8. The lowest BCUT2D eigenvalue weighted by molar-refractivity contribution is 0.0661. The van der Waals surface area contributed by atoms with Gasteiger partial charge in [-0.1, -0.05) is 50.2 Å². The van der Waals surface area contributed by atoms with Crippen LogP contribution in [0.5, 0.6) is 0 Å². The fraction of sp³-hybridized carbons (Fsp3) is 0.478. The van der Waals surface area contributed by atoms with E-state index < -0.39 is 0 Å². The summed E-state index contributed by atoms with van der Waals surface area (Å²) in [6, 6.07) is 14.9. The second-order valence-electron chi connectivity index (χ2n) is 8.36. The molecule has 158 valence electrons. The van der Waals surface area contributed by atoms with Gasteiger partial charge in [-0.15, -0.1) is 5.10 Å². The quantitative estimate of drug-likeness (QED) is 0.574. The molecule has 0 amide bonds. The van der Waals surface area contributed by atoms with Crippen LogP contribution in [-0.2, 0) is 19.5 Å². The number of piperazine rings is 1. The Morgan fingerprint density at radius 3 is 2.40 bits per heavy atom. The summed E-state index contributed by atoms with van der Waals surface area (Å²) in [6.45, 7) is 10.4. The van der Waals surface area contributed by atoms with Crippen LogP contribution in [0.4, 0.5) is 0 Å². The van der Waals surface area contributed by atoms with Gasteiger partial charge in [0, 0.05) is 51.7 Å². The van der Waals surface area contributed by atoms with Crippen LogP contribution in [0.2, 0.25) is 0 Å². The molecule has 2 aromatic heterocycles. The van der Waals surface area contributed by atoms with Crippen molar-refractivity contribution in [2.24, 2.45) is 5.92 Å². The maximum absolute atomic E-state index is 4.45. The van der Waals surface area contributed by atoms with Crippen molar-refractivity contribution in [3.8, 4) is 0 Å². The van der Waals surface area contributed by atoms with Gasteiger partial charge in [0.25, 0.3) is 0 Å². The fourth-order valence-electron chi connectivity index (χ4n) is 4.29. The molecular weight excluding hydrogens is 374 g/mol. The molecule has 4 rings (SSSR count). The summed E-state index contributed by atoms with van der Waals surface area (Å²) in [4.78, 5) is 9.29. The third kappa shape index (κ3) is 5.09. The number of pyridine rings is 1. The van der Waals surface area contributed by atoms with Gasteiger partial charge in [0.2, 0.25) is 0 Å². The van der Waals surface area contributed by atoms with Gasteiger partial charge in [-0.2, -0.15) is 0 Å². The molecule has 1 aliphatic rings. The first-order valence-corrected chi connectivity index (χ1v) is 10.9. The van der Waals surface area contributed by atoms with E-state index in [1.165, 1.54) is 11.1 Å². The number of benzene rings is 1. The Kier molecular flexibility index (Phi) is 6.81. The third-order valence-electron chi connectivity index (χ3n) is 5.84. The van der Waals surface area contributed by atoms with E-state index in [1.54, 1.807) is 0 Å². The predicted molar refractivity (Wildman–Crippen MR) is 117 cm³/mol. The lowest BCUT2D eigenvalue weighted by atomic mass is 10.0. The zero-order chi connectivity index (χ0) is 20.8. The number of hydrogen-bond acceptors (Lipinski definition) is 6. The van der Waals surface area contributed by atoms with Crippen LogP contribution in [0.3, 0.4) is 0 Å². The first kappa shape index (κ1) is 20.6. The van der Waals surface area contributed by atoms with Crippen LogP contribution >= 0.6 is 0 Å². The molecule has 3 aromatic rings. The van der Waals surface area contributed by atoms with E-state index in [4.69, 9.17) is 0 Å². The van der Waals surface area contributed by atoms with Gasteiger partial charge in [0.1, 0.15) is 0 Å². The van der Waals surface area contributed by atoms with Crippen molar-refractivity contribution in [3.63, 3.8) is 0 Å². The molecule has 0 saturated carbocycles. The summed E-state index contributed by atoms with van der Waals surface area (Å²) in [6.07, 6.45) is 4.73. The van der Waals surface area contributed by atoms with Crippen molar-refractivity contribution in [2.45, 2.75) is 39.4 Å². The highest BCUT2D eigenvalue weighted by Crippen LogP contribution is 2.28. The van der Waals surface area contributed by atoms with Crippen molar-refractivity contribution in [1.29, 1.82) is 0 Å². The molecule has 1 aromatic carbocycles. The monoisotopic (exact) mass is 405 g/mol. The third-order valence-corrected chi connectivity index (χ3v) is 5.84. The largest absolute Gasteiger partial charge is 0.296 e. The standard InChI is InChI=1S/C23H31N7/c1-19(2)22(23-25-26-27-30(23)12-10-20-7-4-3-5-8-20)29-15-13-28(14-16-29)18-21-9-6-11-24-17-21/h3-9,11,17,19,22H,10,12-16,18H2,1-2H3/t22-/m0/s1. The van der Waals surface area contributed by atoms with E-state index in [-0.39, 0.29) is 6.04 Å². The van der Waals surface area contributed by atoms with Crippen LogP contribution in [0.15, 0.2) is 54.9 Å². The van der Waals surface area contributed by atoms with Gasteiger partial charge in [-0.05, 0) is 40.0 Å². The molecular formula is C23H31N7. The summed E-state index contributed by atoms with van der Waals surface area (Å²) in [7, 11) is 0. The smallest absolute Gasteiger partial charge is 0.168 e. The van der Waals surface area contributed by atoms with E-state index in [9.17, 15) is 0 Å². The molecule has 7 nitrogen and oxygen atoms in total. The zero-order valence-corrected chi connectivity index (χ0v) is 17.9. The highest BCUT2D eigenvalue weighted by atomic mass is 15.6. The topological polar surface area (TPSA) is 63.0 Å². The Balaban J connectivity index is 1.39. The minimum absolute atomic E-state index is 0.233.